The molecular weight excluding hydrogens is 356 g/mol. The first kappa shape index (κ1) is 18.3. The molecule has 26 heavy (non-hydrogen) atoms. The summed E-state index contributed by atoms with van der Waals surface area (Å²) in [4.78, 5) is 26.3. The first-order chi connectivity index (χ1) is 12.5. The second-order valence-electron chi connectivity index (χ2n) is 6.27. The Hall–Kier alpha value is -2.54. The minimum Gasteiger partial charge on any atom is -0.495 e. The third-order valence-electron chi connectivity index (χ3n) is 4.48. The molecule has 2 heterocycles. The second kappa shape index (κ2) is 7.78. The number of carbonyl (C=O) groups excluding carboxylic acids is 1. The van der Waals surface area contributed by atoms with Crippen LogP contribution in [0.4, 0.5) is 11.5 Å². The average molecular weight is 377 g/mol. The number of benzene rings is 1. The van der Waals surface area contributed by atoms with Crippen molar-refractivity contribution in [2.75, 3.05) is 30.4 Å². The van der Waals surface area contributed by atoms with Gasteiger partial charge in [0.1, 0.15) is 11.6 Å². The number of nitrogens with one attached hydrogen (secondary N) is 1. The van der Waals surface area contributed by atoms with Gasteiger partial charge in [-0.2, -0.15) is 5.10 Å². The zero-order valence-corrected chi connectivity index (χ0v) is 15.5. The number of amides is 1. The van der Waals surface area contributed by atoms with Crippen LogP contribution in [0, 0.1) is 5.92 Å². The molecule has 3 rings (SSSR count). The summed E-state index contributed by atoms with van der Waals surface area (Å²) in [5.41, 5.74) is 0.399. The van der Waals surface area contributed by atoms with Crippen molar-refractivity contribution in [3.05, 3.63) is 45.7 Å². The van der Waals surface area contributed by atoms with Crippen molar-refractivity contribution < 1.29 is 9.53 Å². The molecule has 1 aromatic carbocycles. The molecule has 0 unspecified atom stereocenters. The Morgan fingerprint density at radius 3 is 2.88 bits per heavy atom. The van der Waals surface area contributed by atoms with Crippen LogP contribution >= 0.6 is 11.6 Å². The molecule has 1 N–H and O–H groups in total. The van der Waals surface area contributed by atoms with E-state index in [1.54, 1.807) is 38.4 Å². The van der Waals surface area contributed by atoms with Crippen LogP contribution in [0.3, 0.4) is 0 Å². The average Bonchev–Trinajstić information content (AvgIpc) is 2.64. The van der Waals surface area contributed by atoms with Gasteiger partial charge in [0.25, 0.3) is 5.56 Å². The molecular formula is C18H21ClN4O3. The van der Waals surface area contributed by atoms with E-state index < -0.39 is 0 Å². The summed E-state index contributed by atoms with van der Waals surface area (Å²) in [5, 5.41) is 7.72. The van der Waals surface area contributed by atoms with Crippen LogP contribution < -0.4 is 20.5 Å². The van der Waals surface area contributed by atoms with Crippen LogP contribution in [0.5, 0.6) is 5.75 Å². The number of rotatable bonds is 4. The molecule has 8 heteroatoms. The van der Waals surface area contributed by atoms with Gasteiger partial charge < -0.3 is 15.0 Å². The lowest BCUT2D eigenvalue weighted by Crippen LogP contribution is -2.41. The number of piperidine rings is 1. The topological polar surface area (TPSA) is 76.5 Å². The Balaban J connectivity index is 1.73. The molecule has 138 valence electrons. The molecule has 1 fully saturated rings. The highest BCUT2D eigenvalue weighted by atomic mass is 35.5. The summed E-state index contributed by atoms with van der Waals surface area (Å²) in [6, 6.07) is 8.29. The summed E-state index contributed by atoms with van der Waals surface area (Å²) in [6.45, 7) is 1.34. The molecule has 1 atom stereocenters. The number of hydrogen-bond acceptors (Lipinski definition) is 5. The van der Waals surface area contributed by atoms with Crippen molar-refractivity contribution >= 4 is 29.0 Å². The van der Waals surface area contributed by atoms with Crippen molar-refractivity contribution in [1.82, 2.24) is 9.78 Å². The van der Waals surface area contributed by atoms with Gasteiger partial charge in [-0.1, -0.05) is 11.6 Å². The molecule has 1 aliphatic heterocycles. The van der Waals surface area contributed by atoms with Gasteiger partial charge in [-0.15, -0.1) is 0 Å². The lowest BCUT2D eigenvalue weighted by molar-refractivity contribution is -0.120. The van der Waals surface area contributed by atoms with Crippen LogP contribution in [-0.2, 0) is 11.8 Å². The quantitative estimate of drug-likeness (QED) is 0.886. The molecule has 0 radical (unpaired) electrons. The fourth-order valence-corrected chi connectivity index (χ4v) is 3.24. The maximum atomic E-state index is 12.7. The first-order valence-corrected chi connectivity index (χ1v) is 8.79. The third kappa shape index (κ3) is 3.99. The molecule has 0 aliphatic carbocycles. The molecule has 1 saturated heterocycles. The molecule has 0 saturated carbocycles. The molecule has 1 aliphatic rings. The third-order valence-corrected chi connectivity index (χ3v) is 4.72. The highest BCUT2D eigenvalue weighted by Gasteiger charge is 2.27. The normalized spacial score (nSPS) is 17.0. The van der Waals surface area contributed by atoms with E-state index in [1.807, 2.05) is 4.90 Å². The summed E-state index contributed by atoms with van der Waals surface area (Å²) in [6.07, 6.45) is 1.66. The Labute approximate surface area is 156 Å². The van der Waals surface area contributed by atoms with Gasteiger partial charge in [0.15, 0.2) is 0 Å². The predicted molar refractivity (Wildman–Crippen MR) is 101 cm³/mol. The number of ether oxygens (including phenoxy) is 1. The van der Waals surface area contributed by atoms with Crippen LogP contribution in [-0.4, -0.2) is 35.9 Å². The fraction of sp³-hybridized carbons (Fsp3) is 0.389. The zero-order valence-electron chi connectivity index (χ0n) is 14.7. The maximum absolute atomic E-state index is 12.7. The Morgan fingerprint density at radius 2 is 2.15 bits per heavy atom. The Bertz CT molecular complexity index is 868. The van der Waals surface area contributed by atoms with Crippen LogP contribution in [0.25, 0.3) is 0 Å². The van der Waals surface area contributed by atoms with E-state index >= 15 is 0 Å². The van der Waals surface area contributed by atoms with Crippen LogP contribution in [0.1, 0.15) is 12.8 Å². The summed E-state index contributed by atoms with van der Waals surface area (Å²) in [5.74, 6) is 0.992. The van der Waals surface area contributed by atoms with E-state index in [0.29, 0.717) is 28.8 Å². The Kier molecular flexibility index (Phi) is 5.46. The van der Waals surface area contributed by atoms with Gasteiger partial charge in [-0.25, -0.2) is 4.68 Å². The monoisotopic (exact) mass is 376 g/mol. The number of aromatic nitrogens is 2. The van der Waals surface area contributed by atoms with Crippen LogP contribution in [0.15, 0.2) is 35.1 Å². The molecule has 1 amide bonds. The lowest BCUT2D eigenvalue weighted by Gasteiger charge is -2.32. The largest absolute Gasteiger partial charge is 0.495 e. The van der Waals surface area contributed by atoms with E-state index in [0.717, 1.165) is 19.4 Å². The maximum Gasteiger partial charge on any atom is 0.266 e. The number of anilines is 2. The van der Waals surface area contributed by atoms with Gasteiger partial charge in [0.05, 0.1) is 18.7 Å². The highest BCUT2D eigenvalue weighted by molar-refractivity contribution is 6.31. The van der Waals surface area contributed by atoms with Crippen molar-refractivity contribution in [3.63, 3.8) is 0 Å². The molecule has 0 bridgehead atoms. The van der Waals surface area contributed by atoms with Crippen LogP contribution in [0.2, 0.25) is 5.02 Å². The number of methoxy groups -OCH3 is 1. The van der Waals surface area contributed by atoms with E-state index in [4.69, 9.17) is 16.3 Å². The molecule has 7 nitrogen and oxygen atoms in total. The van der Waals surface area contributed by atoms with Crippen molar-refractivity contribution in [2.45, 2.75) is 12.8 Å². The smallest absolute Gasteiger partial charge is 0.266 e. The van der Waals surface area contributed by atoms with Crippen molar-refractivity contribution in [3.8, 4) is 5.75 Å². The minimum absolute atomic E-state index is 0.0833. The minimum atomic E-state index is -0.188. The van der Waals surface area contributed by atoms with E-state index in [-0.39, 0.29) is 17.4 Å². The number of hydrogen-bond donors (Lipinski definition) is 1. The number of aryl methyl sites for hydroxylation is 1. The summed E-state index contributed by atoms with van der Waals surface area (Å²) in [7, 11) is 3.16. The van der Waals surface area contributed by atoms with Gasteiger partial charge in [-0.05, 0) is 37.1 Å². The van der Waals surface area contributed by atoms with Gasteiger partial charge in [0.2, 0.25) is 5.91 Å². The number of nitrogens with zero attached hydrogens (tertiary/aromatic N) is 3. The van der Waals surface area contributed by atoms with Gasteiger partial charge in [0, 0.05) is 31.2 Å². The molecule has 2 aromatic rings. The first-order valence-electron chi connectivity index (χ1n) is 8.41. The lowest BCUT2D eigenvalue weighted by atomic mass is 9.97. The standard InChI is InChI=1S/C18H21ClN4O3/c1-22-17(24)8-7-16(21-22)23-9-3-4-12(11-23)18(25)20-14-10-13(19)5-6-15(14)26-2/h5-8,10,12H,3-4,9,11H2,1-2H3,(H,20,25)/t12-/m0/s1. The number of carbonyl (C=O) groups is 1. The Morgan fingerprint density at radius 1 is 1.35 bits per heavy atom. The van der Waals surface area contributed by atoms with E-state index in [2.05, 4.69) is 10.4 Å². The van der Waals surface area contributed by atoms with Crippen molar-refractivity contribution in [1.29, 1.82) is 0 Å². The van der Waals surface area contributed by atoms with E-state index in [1.165, 1.54) is 10.7 Å². The second-order valence-corrected chi connectivity index (χ2v) is 6.71. The zero-order chi connectivity index (χ0) is 18.7. The van der Waals surface area contributed by atoms with Gasteiger partial charge >= 0.3 is 0 Å². The van der Waals surface area contributed by atoms with Gasteiger partial charge in [-0.3, -0.25) is 9.59 Å². The highest BCUT2D eigenvalue weighted by Crippen LogP contribution is 2.29. The number of halogens is 1. The summed E-state index contributed by atoms with van der Waals surface area (Å²) >= 11 is 6.02. The van der Waals surface area contributed by atoms with E-state index in [9.17, 15) is 9.59 Å². The fourth-order valence-electron chi connectivity index (χ4n) is 3.07. The SMILES string of the molecule is COc1ccc(Cl)cc1NC(=O)[C@H]1CCCN(c2ccc(=O)n(C)n2)C1. The molecule has 1 aromatic heterocycles. The van der Waals surface area contributed by atoms with Crippen molar-refractivity contribution in [2.24, 2.45) is 13.0 Å². The predicted octanol–water partition coefficient (Wildman–Crippen LogP) is 2.30. The molecule has 0 spiro atoms. The summed E-state index contributed by atoms with van der Waals surface area (Å²) < 4.78 is 6.58.